The Morgan fingerprint density at radius 3 is 1.91 bits per heavy atom. The maximum Gasteiger partial charge on any atom is 0.407 e. The molecule has 0 bridgehead atoms. The second kappa shape index (κ2) is 18.2. The lowest BCUT2D eigenvalue weighted by atomic mass is 9.82. The topological polar surface area (TPSA) is 204 Å². The van der Waals surface area contributed by atoms with Crippen LogP contribution < -0.4 is 16.0 Å². The van der Waals surface area contributed by atoms with Crippen LogP contribution in [0.4, 0.5) is 15.3 Å². The van der Waals surface area contributed by atoms with Crippen molar-refractivity contribution in [3.8, 4) is 33.5 Å². The number of likely N-dealkylation sites (tertiary alicyclic amines) is 2. The summed E-state index contributed by atoms with van der Waals surface area (Å²) in [7, 11) is -1.60. The summed E-state index contributed by atoms with van der Waals surface area (Å²) in [5.41, 5.74) is 9.20. The highest BCUT2D eigenvalue weighted by Crippen LogP contribution is 2.58. The Morgan fingerprint density at radius 1 is 0.729 bits per heavy atom. The van der Waals surface area contributed by atoms with Gasteiger partial charge < -0.3 is 40.2 Å². The fourth-order valence-electron chi connectivity index (χ4n) is 12.0. The number of alkyl carbamates (subject to hydrolysis) is 2. The number of amides is 4. The summed E-state index contributed by atoms with van der Waals surface area (Å²) in [6, 6.07) is 16.0. The average molecular weight is 973 g/mol. The highest BCUT2D eigenvalue weighted by atomic mass is 32.2. The molecule has 2 saturated heterocycles. The van der Waals surface area contributed by atoms with Crippen molar-refractivity contribution in [2.45, 2.75) is 127 Å². The van der Waals surface area contributed by atoms with Crippen molar-refractivity contribution in [1.82, 2.24) is 30.4 Å². The quantitative estimate of drug-likeness (QED) is 0.113. The van der Waals surface area contributed by atoms with Gasteiger partial charge in [0, 0.05) is 13.1 Å². The fraction of sp³-hybridized carbons (Fsp3) is 0.509. The Balaban J connectivity index is 0.905. The Hall–Kier alpha value is -6.23. The van der Waals surface area contributed by atoms with Gasteiger partial charge in [0.15, 0.2) is 0 Å². The lowest BCUT2D eigenvalue weighted by molar-refractivity contribution is -0.136. The molecule has 1 aromatic heterocycles. The van der Waals surface area contributed by atoms with E-state index in [-0.39, 0.29) is 51.3 Å². The van der Waals surface area contributed by atoms with Crippen molar-refractivity contribution in [3.63, 3.8) is 0 Å². The molecule has 0 radical (unpaired) electrons. The van der Waals surface area contributed by atoms with Gasteiger partial charge in [-0.05, 0) is 132 Å². The summed E-state index contributed by atoms with van der Waals surface area (Å²) in [6.45, 7) is 8.56. The van der Waals surface area contributed by atoms with Gasteiger partial charge >= 0.3 is 12.2 Å². The summed E-state index contributed by atoms with van der Waals surface area (Å²) >= 11 is 0. The van der Waals surface area contributed by atoms with Crippen LogP contribution >= 0.6 is 0 Å². The molecular formula is C53H64N8O8S. The Kier molecular flexibility index (Phi) is 12.3. The number of sulfonamides is 1. The number of aromatic amines is 1. The van der Waals surface area contributed by atoms with Crippen LogP contribution in [0.2, 0.25) is 0 Å². The van der Waals surface area contributed by atoms with Crippen LogP contribution in [0.5, 0.6) is 0 Å². The monoisotopic (exact) mass is 972 g/mol. The van der Waals surface area contributed by atoms with Gasteiger partial charge in [0.2, 0.25) is 11.8 Å². The zero-order valence-corrected chi connectivity index (χ0v) is 41.7. The number of hydrogen-bond donors (Lipinski definition) is 4. The van der Waals surface area contributed by atoms with Crippen molar-refractivity contribution in [2.24, 2.45) is 27.1 Å². The van der Waals surface area contributed by atoms with Crippen molar-refractivity contribution in [1.29, 1.82) is 0 Å². The molecule has 6 aliphatic rings. The molecule has 4 N–H and O–H groups in total. The molecule has 370 valence electrons. The number of hydrogen-bond acceptors (Lipinski definition) is 10. The average Bonchev–Trinajstić information content (AvgIpc) is 3.99. The van der Waals surface area contributed by atoms with Gasteiger partial charge in [-0.2, -0.15) is 8.42 Å². The predicted molar refractivity (Wildman–Crippen MR) is 265 cm³/mol. The number of fused-ring (bicyclic) bond motifs is 2. The van der Waals surface area contributed by atoms with Crippen LogP contribution in [0.1, 0.15) is 108 Å². The van der Waals surface area contributed by atoms with E-state index in [1.54, 1.807) is 11.0 Å². The molecule has 4 amide bonds. The summed E-state index contributed by atoms with van der Waals surface area (Å²) < 4.78 is 42.1. The third-order valence-corrected chi connectivity index (χ3v) is 17.4. The molecule has 3 aliphatic heterocycles. The lowest BCUT2D eigenvalue weighted by Crippen LogP contribution is -2.54. The number of carbonyl (C=O) groups excluding carboxylic acids is 4. The molecule has 2 saturated carbocycles. The standard InChI is InChI=1S/C53H64N8O8S/c1-30(2)44(57-50(64)68-5)48(62)60-23-9-10-41(60)47-55-39-18-15-34(24-43(39)70(66,67)59-47)36-17-16-35(37-25-52(26-38(36)37)19-7-8-20-52)32-11-13-33(14-12-32)40-28-54-46(56-40)42-27-53(21-22-53)29-61(42)49(63)45(31(3)4)58-51(65)69-6/h11-18,24,28,30-31,41-42,44-45H,7-10,19-23,25-27,29H2,1-6H3,(H,54,56)(H,55,59)(H,57,64)(H,58,65)/t41-,42+,44-,45+/m1/s1. The normalized spacial score (nSPS) is 22.1. The summed E-state index contributed by atoms with van der Waals surface area (Å²) in [5.74, 6) is 0.148. The van der Waals surface area contributed by atoms with E-state index < -0.39 is 40.3 Å². The molecule has 70 heavy (non-hydrogen) atoms. The number of aromatic nitrogens is 2. The third-order valence-electron chi connectivity index (χ3n) is 16.1. The van der Waals surface area contributed by atoms with E-state index >= 15 is 0 Å². The molecule has 4 atom stereocenters. The van der Waals surface area contributed by atoms with Gasteiger partial charge in [-0.1, -0.05) is 83.0 Å². The Bertz CT molecular complexity index is 2880. The number of ether oxygens (including phenoxy) is 2. The van der Waals surface area contributed by atoms with Crippen LogP contribution in [0.15, 0.2) is 70.1 Å². The smallest absolute Gasteiger partial charge is 0.407 e. The fourth-order valence-corrected chi connectivity index (χ4v) is 13.2. The van der Waals surface area contributed by atoms with E-state index in [9.17, 15) is 27.6 Å². The molecule has 17 heteroatoms. The molecule has 3 aliphatic carbocycles. The lowest BCUT2D eigenvalue weighted by Gasteiger charge is -2.32. The number of nitrogens with zero attached hydrogens (tertiary/aromatic N) is 4. The largest absolute Gasteiger partial charge is 0.453 e. The van der Waals surface area contributed by atoms with Gasteiger partial charge in [0.05, 0.1) is 43.9 Å². The number of carbonyl (C=O) groups is 4. The van der Waals surface area contributed by atoms with Gasteiger partial charge in [0.1, 0.15) is 28.6 Å². The van der Waals surface area contributed by atoms with E-state index in [1.165, 1.54) is 43.8 Å². The van der Waals surface area contributed by atoms with Crippen LogP contribution in [0.3, 0.4) is 0 Å². The van der Waals surface area contributed by atoms with Crippen LogP contribution in [0, 0.1) is 22.7 Å². The SMILES string of the molecule is COC(=O)N[C@H](C(=O)N1CC2(CC2)C[C@H]1c1ncc(-c2ccc(-c3ccc(-c4ccc5c(c4)S(=O)(=O)N=C([C@H]4CCCN4C(=O)[C@H](NC(=O)OC)C(C)C)N5)c4c3CC3(CCCC3)C4)cc2)[nH]1)C(C)C. The zero-order valence-electron chi connectivity index (χ0n) is 40.9. The first-order valence-corrected chi connectivity index (χ1v) is 26.3. The Morgan fingerprint density at radius 2 is 1.31 bits per heavy atom. The van der Waals surface area contributed by atoms with E-state index in [0.717, 1.165) is 78.7 Å². The predicted octanol–water partition coefficient (Wildman–Crippen LogP) is 8.39. The third kappa shape index (κ3) is 8.72. The van der Waals surface area contributed by atoms with Crippen LogP contribution in [0.25, 0.3) is 33.5 Å². The number of H-pyrrole nitrogens is 1. The Labute approximate surface area is 409 Å². The minimum Gasteiger partial charge on any atom is -0.453 e. The first-order chi connectivity index (χ1) is 33.5. The number of methoxy groups -OCH3 is 2. The van der Waals surface area contributed by atoms with E-state index in [1.807, 2.05) is 50.9 Å². The van der Waals surface area contributed by atoms with Crippen molar-refractivity contribution < 1.29 is 37.1 Å². The summed E-state index contributed by atoms with van der Waals surface area (Å²) in [4.78, 5) is 64.2. The van der Waals surface area contributed by atoms with Crippen molar-refractivity contribution in [2.75, 3.05) is 32.6 Å². The minimum absolute atomic E-state index is 0.0928. The number of amidine groups is 1. The maximum absolute atomic E-state index is 14.1. The summed E-state index contributed by atoms with van der Waals surface area (Å²) in [6.07, 6.45) is 11.3. The highest BCUT2D eigenvalue weighted by molar-refractivity contribution is 7.90. The summed E-state index contributed by atoms with van der Waals surface area (Å²) in [5, 5.41) is 8.69. The molecule has 4 fully saturated rings. The first kappa shape index (κ1) is 47.4. The molecule has 16 nitrogen and oxygen atoms in total. The first-order valence-electron chi connectivity index (χ1n) is 24.9. The van der Waals surface area contributed by atoms with Gasteiger partial charge in [-0.25, -0.2) is 14.6 Å². The van der Waals surface area contributed by atoms with Crippen LogP contribution in [-0.2, 0) is 41.9 Å². The molecule has 10 rings (SSSR count). The maximum atomic E-state index is 14.1. The molecular weight excluding hydrogens is 909 g/mol. The van der Waals surface area contributed by atoms with E-state index in [4.69, 9.17) is 14.5 Å². The van der Waals surface area contributed by atoms with E-state index in [0.29, 0.717) is 31.6 Å². The van der Waals surface area contributed by atoms with Gasteiger partial charge in [-0.3, -0.25) is 9.59 Å². The molecule has 3 aromatic carbocycles. The number of anilines is 1. The second-order valence-electron chi connectivity index (χ2n) is 21.3. The van der Waals surface area contributed by atoms with E-state index in [2.05, 4.69) is 61.7 Å². The minimum atomic E-state index is -4.15. The zero-order chi connectivity index (χ0) is 49.3. The number of rotatable bonds is 11. The van der Waals surface area contributed by atoms with Crippen molar-refractivity contribution >= 4 is 45.5 Å². The molecule has 4 aromatic rings. The second-order valence-corrected chi connectivity index (χ2v) is 22.9. The molecule has 2 spiro atoms. The number of imidazole rings is 1. The molecule has 4 heterocycles. The number of nitrogens with one attached hydrogen (secondary N) is 4. The van der Waals surface area contributed by atoms with Crippen LogP contribution in [-0.4, -0.2) is 103 Å². The number of benzene rings is 3. The van der Waals surface area contributed by atoms with Crippen molar-refractivity contribution in [3.05, 3.63) is 77.7 Å². The highest BCUT2D eigenvalue weighted by Gasteiger charge is 2.55. The molecule has 0 unspecified atom stereocenters. The van der Waals surface area contributed by atoms with Gasteiger partial charge in [0.25, 0.3) is 10.0 Å². The van der Waals surface area contributed by atoms with Gasteiger partial charge in [-0.15, -0.1) is 4.40 Å².